The van der Waals surface area contributed by atoms with Crippen LogP contribution in [0.4, 0.5) is 11.4 Å². The van der Waals surface area contributed by atoms with Crippen LogP contribution in [0.25, 0.3) is 0 Å². The Hall–Kier alpha value is -2.87. The number of rotatable bonds is 5. The molecular formula is C16H15N3O2. The molecule has 0 aromatic heterocycles. The summed E-state index contributed by atoms with van der Waals surface area (Å²) in [6.07, 6.45) is 0. The van der Waals surface area contributed by atoms with Crippen LogP contribution in [0.2, 0.25) is 0 Å². The second kappa shape index (κ2) is 6.53. The fraction of sp³-hybridized carbons (Fsp3) is 0.188. The molecular weight excluding hydrogens is 266 g/mol. The summed E-state index contributed by atoms with van der Waals surface area (Å²) in [6.45, 7) is 2.74. The number of hydrogen-bond acceptors (Lipinski definition) is 4. The molecule has 0 bridgehead atoms. The number of nitriles is 1. The van der Waals surface area contributed by atoms with E-state index in [4.69, 9.17) is 5.26 Å². The van der Waals surface area contributed by atoms with Gasteiger partial charge in [-0.1, -0.05) is 37.3 Å². The van der Waals surface area contributed by atoms with Gasteiger partial charge in [-0.25, -0.2) is 0 Å². The summed E-state index contributed by atoms with van der Waals surface area (Å²) >= 11 is 0. The highest BCUT2D eigenvalue weighted by molar-refractivity contribution is 5.59. The zero-order chi connectivity index (χ0) is 15.2. The molecule has 0 aliphatic rings. The molecule has 2 aromatic carbocycles. The van der Waals surface area contributed by atoms with Crippen molar-refractivity contribution in [2.45, 2.75) is 12.8 Å². The Morgan fingerprint density at radius 3 is 2.62 bits per heavy atom. The molecule has 0 radical (unpaired) electrons. The molecule has 1 atom stereocenters. The Morgan fingerprint density at radius 1 is 1.29 bits per heavy atom. The standard InChI is InChI=1S/C16H15N3O2/c1-12(13-5-3-2-4-6-13)11-18-15-8-7-14(10-17)16(9-15)19(20)21/h2-9,12,18H,11H2,1H3. The average Bonchev–Trinajstić information content (AvgIpc) is 2.53. The van der Waals surface area contributed by atoms with Gasteiger partial charge in [-0.05, 0) is 23.6 Å². The molecule has 0 saturated carbocycles. The van der Waals surface area contributed by atoms with Crippen molar-refractivity contribution in [2.24, 2.45) is 0 Å². The summed E-state index contributed by atoms with van der Waals surface area (Å²) in [5.74, 6) is 0.279. The lowest BCUT2D eigenvalue weighted by Crippen LogP contribution is -2.10. The number of hydrogen-bond donors (Lipinski definition) is 1. The maximum Gasteiger partial charge on any atom is 0.289 e. The molecule has 0 fully saturated rings. The van der Waals surface area contributed by atoms with Crippen molar-refractivity contribution in [2.75, 3.05) is 11.9 Å². The van der Waals surface area contributed by atoms with Crippen molar-refractivity contribution < 1.29 is 4.92 Å². The van der Waals surface area contributed by atoms with Gasteiger partial charge >= 0.3 is 0 Å². The zero-order valence-electron chi connectivity index (χ0n) is 11.6. The smallest absolute Gasteiger partial charge is 0.289 e. The van der Waals surface area contributed by atoms with Crippen LogP contribution in [0.3, 0.4) is 0 Å². The van der Waals surface area contributed by atoms with Gasteiger partial charge in [0.05, 0.1) is 4.92 Å². The van der Waals surface area contributed by atoms with E-state index in [0.29, 0.717) is 12.2 Å². The molecule has 0 aliphatic carbocycles. The van der Waals surface area contributed by atoms with Crippen molar-refractivity contribution in [3.63, 3.8) is 0 Å². The summed E-state index contributed by atoms with van der Waals surface area (Å²) in [7, 11) is 0. The predicted molar refractivity (Wildman–Crippen MR) is 81.2 cm³/mol. The molecule has 0 heterocycles. The van der Waals surface area contributed by atoms with Crippen LogP contribution >= 0.6 is 0 Å². The third-order valence-corrected chi connectivity index (χ3v) is 3.30. The van der Waals surface area contributed by atoms with Gasteiger partial charge in [0.2, 0.25) is 0 Å². The van der Waals surface area contributed by atoms with Gasteiger partial charge in [-0.2, -0.15) is 5.26 Å². The van der Waals surface area contributed by atoms with Gasteiger partial charge in [-0.15, -0.1) is 0 Å². The van der Waals surface area contributed by atoms with Gasteiger partial charge in [0, 0.05) is 18.3 Å². The highest BCUT2D eigenvalue weighted by Gasteiger charge is 2.14. The first-order chi connectivity index (χ1) is 10.1. The normalized spacial score (nSPS) is 11.4. The largest absolute Gasteiger partial charge is 0.384 e. The zero-order valence-corrected chi connectivity index (χ0v) is 11.6. The maximum atomic E-state index is 10.9. The lowest BCUT2D eigenvalue weighted by molar-refractivity contribution is -0.385. The van der Waals surface area contributed by atoms with Gasteiger partial charge in [0.1, 0.15) is 11.6 Å². The average molecular weight is 281 g/mol. The van der Waals surface area contributed by atoms with Crippen molar-refractivity contribution in [3.05, 3.63) is 69.8 Å². The van der Waals surface area contributed by atoms with E-state index in [1.807, 2.05) is 36.4 Å². The van der Waals surface area contributed by atoms with E-state index in [-0.39, 0.29) is 17.2 Å². The monoisotopic (exact) mass is 281 g/mol. The molecule has 2 rings (SSSR count). The molecule has 21 heavy (non-hydrogen) atoms. The first-order valence-electron chi connectivity index (χ1n) is 6.59. The molecule has 0 saturated heterocycles. The second-order valence-corrected chi connectivity index (χ2v) is 4.79. The first-order valence-corrected chi connectivity index (χ1v) is 6.59. The SMILES string of the molecule is CC(CNc1ccc(C#N)c([N+](=O)[O-])c1)c1ccccc1. The highest BCUT2D eigenvalue weighted by atomic mass is 16.6. The molecule has 0 spiro atoms. The minimum atomic E-state index is -0.537. The molecule has 5 nitrogen and oxygen atoms in total. The van der Waals surface area contributed by atoms with Crippen LogP contribution in [0.5, 0.6) is 0 Å². The number of benzene rings is 2. The Morgan fingerprint density at radius 2 is 2.00 bits per heavy atom. The number of nitrogens with one attached hydrogen (secondary N) is 1. The van der Waals surface area contributed by atoms with Crippen LogP contribution in [0, 0.1) is 21.4 Å². The van der Waals surface area contributed by atoms with Crippen molar-refractivity contribution in [1.82, 2.24) is 0 Å². The number of nitro benzene ring substituents is 1. The molecule has 0 amide bonds. The Kier molecular flexibility index (Phi) is 4.52. The first kappa shape index (κ1) is 14.5. The van der Waals surface area contributed by atoms with Crippen LogP contribution in [0.1, 0.15) is 24.0 Å². The van der Waals surface area contributed by atoms with E-state index in [1.165, 1.54) is 17.7 Å². The molecule has 0 aliphatic heterocycles. The van der Waals surface area contributed by atoms with E-state index in [0.717, 1.165) is 0 Å². The minimum absolute atomic E-state index is 0.0710. The Balaban J connectivity index is 2.09. The second-order valence-electron chi connectivity index (χ2n) is 4.79. The predicted octanol–water partition coefficient (Wildman–Crippen LogP) is 3.68. The van der Waals surface area contributed by atoms with Crippen LogP contribution in [0.15, 0.2) is 48.5 Å². The third kappa shape index (κ3) is 3.57. The highest BCUT2D eigenvalue weighted by Crippen LogP contribution is 2.23. The van der Waals surface area contributed by atoms with Gasteiger partial charge < -0.3 is 5.32 Å². The maximum absolute atomic E-state index is 10.9. The van der Waals surface area contributed by atoms with E-state index in [2.05, 4.69) is 12.2 Å². The number of nitrogens with zero attached hydrogens (tertiary/aromatic N) is 2. The van der Waals surface area contributed by atoms with Gasteiger partial charge in [0.25, 0.3) is 5.69 Å². The van der Waals surface area contributed by atoms with Gasteiger partial charge in [0.15, 0.2) is 0 Å². The van der Waals surface area contributed by atoms with Crippen LogP contribution in [-0.4, -0.2) is 11.5 Å². The van der Waals surface area contributed by atoms with Crippen LogP contribution < -0.4 is 5.32 Å². The summed E-state index contributed by atoms with van der Waals surface area (Å²) < 4.78 is 0. The Labute approximate surface area is 123 Å². The molecule has 1 N–H and O–H groups in total. The third-order valence-electron chi connectivity index (χ3n) is 3.30. The summed E-state index contributed by atoms with van der Waals surface area (Å²) in [4.78, 5) is 10.4. The summed E-state index contributed by atoms with van der Waals surface area (Å²) in [5, 5.41) is 22.9. The lowest BCUT2D eigenvalue weighted by atomic mass is 10.0. The topological polar surface area (TPSA) is 79.0 Å². The fourth-order valence-corrected chi connectivity index (χ4v) is 2.06. The summed E-state index contributed by atoms with van der Waals surface area (Å²) in [6, 6.07) is 16.4. The summed E-state index contributed by atoms with van der Waals surface area (Å²) in [5.41, 5.74) is 1.74. The van der Waals surface area contributed by atoms with Gasteiger partial charge in [-0.3, -0.25) is 10.1 Å². The van der Waals surface area contributed by atoms with E-state index < -0.39 is 4.92 Å². The van der Waals surface area contributed by atoms with E-state index in [9.17, 15) is 10.1 Å². The number of nitro groups is 1. The molecule has 1 unspecified atom stereocenters. The van der Waals surface area contributed by atoms with Crippen LogP contribution in [-0.2, 0) is 0 Å². The lowest BCUT2D eigenvalue weighted by Gasteiger charge is -2.14. The molecule has 106 valence electrons. The molecule has 2 aromatic rings. The van der Waals surface area contributed by atoms with Crippen molar-refractivity contribution >= 4 is 11.4 Å². The Bertz CT molecular complexity index is 678. The van der Waals surface area contributed by atoms with E-state index in [1.54, 1.807) is 6.07 Å². The molecule has 5 heteroatoms. The van der Waals surface area contributed by atoms with Crippen molar-refractivity contribution in [1.29, 1.82) is 5.26 Å². The van der Waals surface area contributed by atoms with Crippen molar-refractivity contribution in [3.8, 4) is 6.07 Å². The fourth-order valence-electron chi connectivity index (χ4n) is 2.06. The quantitative estimate of drug-likeness (QED) is 0.669. The van der Waals surface area contributed by atoms with E-state index >= 15 is 0 Å². The number of anilines is 1. The minimum Gasteiger partial charge on any atom is -0.384 e.